The van der Waals surface area contributed by atoms with Gasteiger partial charge in [0.15, 0.2) is 0 Å². The summed E-state index contributed by atoms with van der Waals surface area (Å²) in [6, 6.07) is 13.1. The van der Waals surface area contributed by atoms with Crippen molar-refractivity contribution in [3.63, 3.8) is 0 Å². The topological polar surface area (TPSA) is 68.3 Å². The van der Waals surface area contributed by atoms with Crippen LogP contribution in [-0.4, -0.2) is 20.1 Å². The molecule has 0 spiro atoms. The largest absolute Gasteiger partial charge is 0.370 e. The van der Waals surface area contributed by atoms with E-state index in [-0.39, 0.29) is 0 Å². The van der Waals surface area contributed by atoms with E-state index < -0.39 is 32.7 Å². The van der Waals surface area contributed by atoms with Crippen molar-refractivity contribution in [3.05, 3.63) is 60.7 Å². The number of benzene rings is 2. The minimum Gasteiger partial charge on any atom is -0.218 e. The normalized spacial score (nSPS) is 13.0. The van der Waals surface area contributed by atoms with Crippen LogP contribution in [0.4, 0.5) is 4.39 Å². The molecule has 0 bridgehead atoms. The van der Waals surface area contributed by atoms with Crippen molar-refractivity contribution in [3.8, 4) is 0 Å². The van der Waals surface area contributed by atoms with Crippen LogP contribution in [0.1, 0.15) is 0 Å². The molecule has 8 heteroatoms. The van der Waals surface area contributed by atoms with Crippen LogP contribution in [-0.2, 0) is 19.7 Å². The fraction of sp³-hybridized carbons (Fsp3) is 0.0769. The standard InChI is InChI=1S/C13H10BrFO4S2/c14-13(15,20(16,17)11-7-3-1-4-8-11)21(18,19)12-9-5-2-6-10-12/h1-10H. The minimum absolute atomic E-state index is 0.427. The molecule has 2 rings (SSSR count). The summed E-state index contributed by atoms with van der Waals surface area (Å²) < 4.78 is 60.2. The van der Waals surface area contributed by atoms with Crippen LogP contribution >= 0.6 is 15.9 Å². The summed E-state index contributed by atoms with van der Waals surface area (Å²) in [5.41, 5.74) is 0. The summed E-state index contributed by atoms with van der Waals surface area (Å²) in [7, 11) is -9.56. The quantitative estimate of drug-likeness (QED) is 0.750. The van der Waals surface area contributed by atoms with Crippen molar-refractivity contribution in [2.45, 2.75) is 13.0 Å². The molecule has 21 heavy (non-hydrogen) atoms. The molecule has 0 saturated heterocycles. The van der Waals surface area contributed by atoms with Crippen LogP contribution in [0, 0.1) is 0 Å². The first kappa shape index (κ1) is 16.1. The molecule has 0 atom stereocenters. The number of sulfone groups is 2. The maximum Gasteiger partial charge on any atom is 0.370 e. The highest BCUT2D eigenvalue weighted by atomic mass is 79.9. The van der Waals surface area contributed by atoms with Crippen LogP contribution in [0.5, 0.6) is 0 Å². The second kappa shape index (κ2) is 5.51. The molecule has 0 heterocycles. The van der Waals surface area contributed by atoms with Gasteiger partial charge in [0, 0.05) is 0 Å². The molecule has 0 aliphatic rings. The van der Waals surface area contributed by atoms with E-state index >= 15 is 0 Å². The predicted octanol–water partition coefficient (Wildman–Crippen LogP) is 2.91. The lowest BCUT2D eigenvalue weighted by molar-refractivity contribution is 0.457. The van der Waals surface area contributed by atoms with Gasteiger partial charge in [-0.1, -0.05) is 36.4 Å². The van der Waals surface area contributed by atoms with Gasteiger partial charge in [0.05, 0.1) is 9.79 Å². The van der Waals surface area contributed by atoms with Crippen molar-refractivity contribution in [1.82, 2.24) is 0 Å². The molecule has 0 aliphatic heterocycles. The van der Waals surface area contributed by atoms with Crippen LogP contribution in [0.25, 0.3) is 0 Å². The van der Waals surface area contributed by atoms with E-state index in [1.807, 2.05) is 0 Å². The first-order valence-electron chi connectivity index (χ1n) is 5.68. The third kappa shape index (κ3) is 2.63. The average Bonchev–Trinajstić information content (AvgIpc) is 2.48. The highest BCUT2D eigenvalue weighted by molar-refractivity contribution is 9.13. The summed E-state index contributed by atoms with van der Waals surface area (Å²) in [5.74, 6) is 0. The highest BCUT2D eigenvalue weighted by Gasteiger charge is 2.55. The maximum absolute atomic E-state index is 14.8. The highest BCUT2D eigenvalue weighted by Crippen LogP contribution is 2.41. The molecule has 0 radical (unpaired) electrons. The number of halogens is 2. The van der Waals surface area contributed by atoms with Gasteiger partial charge < -0.3 is 0 Å². The second-order valence-corrected chi connectivity index (χ2v) is 10.6. The summed E-state index contributed by atoms with van der Waals surface area (Å²) in [6.07, 6.45) is 0. The van der Waals surface area contributed by atoms with Gasteiger partial charge >= 0.3 is 3.24 Å². The lowest BCUT2D eigenvalue weighted by atomic mass is 10.4. The fourth-order valence-corrected chi connectivity index (χ4v) is 6.05. The van der Waals surface area contributed by atoms with Gasteiger partial charge in [-0.2, -0.15) is 4.39 Å². The van der Waals surface area contributed by atoms with Gasteiger partial charge in [0.2, 0.25) is 19.7 Å². The Morgan fingerprint density at radius 2 is 1.00 bits per heavy atom. The third-order valence-electron chi connectivity index (χ3n) is 2.73. The minimum atomic E-state index is -4.78. The summed E-state index contributed by atoms with van der Waals surface area (Å²) in [5, 5.41) is 0. The Morgan fingerprint density at radius 1 is 0.714 bits per heavy atom. The van der Waals surface area contributed by atoms with E-state index in [1.54, 1.807) is 12.1 Å². The van der Waals surface area contributed by atoms with Gasteiger partial charge in [0.25, 0.3) is 0 Å². The first-order valence-corrected chi connectivity index (χ1v) is 9.44. The van der Waals surface area contributed by atoms with Gasteiger partial charge in [-0.25, -0.2) is 16.8 Å². The molecular weight excluding hydrogens is 383 g/mol. The lowest BCUT2D eigenvalue weighted by Crippen LogP contribution is -2.36. The van der Waals surface area contributed by atoms with Crippen LogP contribution in [0.2, 0.25) is 0 Å². The lowest BCUT2D eigenvalue weighted by Gasteiger charge is -2.19. The molecule has 2 aromatic carbocycles. The number of rotatable bonds is 4. The summed E-state index contributed by atoms with van der Waals surface area (Å²) in [4.78, 5) is -0.854. The Balaban J connectivity index is 2.62. The van der Waals surface area contributed by atoms with Crippen LogP contribution in [0.15, 0.2) is 70.5 Å². The molecular formula is C13H10BrFO4S2. The molecule has 2 aromatic rings. The Morgan fingerprint density at radius 3 is 1.29 bits per heavy atom. The third-order valence-corrected chi connectivity index (χ3v) is 9.64. The second-order valence-electron chi connectivity index (χ2n) is 4.10. The van der Waals surface area contributed by atoms with Gasteiger partial charge in [-0.05, 0) is 40.2 Å². The monoisotopic (exact) mass is 392 g/mol. The number of hydrogen-bond donors (Lipinski definition) is 0. The van der Waals surface area contributed by atoms with Crippen LogP contribution in [0.3, 0.4) is 0 Å². The van der Waals surface area contributed by atoms with E-state index in [4.69, 9.17) is 0 Å². The Bertz CT molecular complexity index is 761. The van der Waals surface area contributed by atoms with E-state index in [1.165, 1.54) is 24.3 Å². The van der Waals surface area contributed by atoms with Crippen LogP contribution < -0.4 is 0 Å². The summed E-state index contributed by atoms with van der Waals surface area (Å²) >= 11 is 2.26. The fourth-order valence-electron chi connectivity index (χ4n) is 1.62. The first-order chi connectivity index (χ1) is 9.71. The Labute approximate surface area is 130 Å². The zero-order valence-electron chi connectivity index (χ0n) is 10.5. The molecule has 0 N–H and O–H groups in total. The molecule has 112 valence electrons. The molecule has 0 amide bonds. The van der Waals surface area contributed by atoms with E-state index in [0.717, 1.165) is 24.3 Å². The molecule has 0 unspecified atom stereocenters. The van der Waals surface area contributed by atoms with Crippen molar-refractivity contribution in [1.29, 1.82) is 0 Å². The van der Waals surface area contributed by atoms with Crippen molar-refractivity contribution in [2.75, 3.05) is 0 Å². The number of hydrogen-bond acceptors (Lipinski definition) is 4. The zero-order valence-corrected chi connectivity index (χ0v) is 13.7. The average molecular weight is 393 g/mol. The van der Waals surface area contributed by atoms with E-state index in [2.05, 4.69) is 15.9 Å². The molecule has 4 nitrogen and oxygen atoms in total. The zero-order chi connectivity index (χ0) is 15.7. The number of alkyl halides is 2. The van der Waals surface area contributed by atoms with Crippen molar-refractivity contribution in [2.24, 2.45) is 0 Å². The molecule has 0 fully saturated rings. The van der Waals surface area contributed by atoms with Gasteiger partial charge in [-0.15, -0.1) is 0 Å². The van der Waals surface area contributed by atoms with Gasteiger partial charge in [-0.3, -0.25) is 0 Å². The Hall–Kier alpha value is -1.25. The predicted molar refractivity (Wildman–Crippen MR) is 80.0 cm³/mol. The van der Waals surface area contributed by atoms with Gasteiger partial charge in [0.1, 0.15) is 0 Å². The van der Waals surface area contributed by atoms with Crippen molar-refractivity contribution < 1.29 is 21.2 Å². The van der Waals surface area contributed by atoms with E-state index in [9.17, 15) is 21.2 Å². The SMILES string of the molecule is O=S(=O)(c1ccccc1)C(F)(Br)S(=O)(=O)c1ccccc1. The molecule has 0 aliphatic carbocycles. The molecule has 0 aromatic heterocycles. The summed E-state index contributed by atoms with van der Waals surface area (Å²) in [6.45, 7) is 0. The van der Waals surface area contributed by atoms with Crippen molar-refractivity contribution >= 4 is 35.6 Å². The maximum atomic E-state index is 14.8. The molecule has 0 saturated carbocycles. The smallest absolute Gasteiger partial charge is 0.218 e. The van der Waals surface area contributed by atoms with E-state index in [0.29, 0.717) is 0 Å². The Kier molecular flexibility index (Phi) is 4.23.